The van der Waals surface area contributed by atoms with Crippen LogP contribution in [0.5, 0.6) is 0 Å². The predicted molar refractivity (Wildman–Crippen MR) is 145 cm³/mol. The first-order chi connectivity index (χ1) is 17.2. The number of carboxylic acids is 1. The Labute approximate surface area is 213 Å². The van der Waals surface area contributed by atoms with Crippen molar-refractivity contribution in [3.8, 4) is 0 Å². The number of hydrogen-bond acceptors (Lipinski definition) is 4. The lowest BCUT2D eigenvalue weighted by molar-refractivity contribution is 0.0685. The average molecular weight is 488 g/mol. The van der Waals surface area contributed by atoms with Gasteiger partial charge in [-0.25, -0.2) is 4.79 Å². The number of anilines is 1. The molecule has 0 saturated heterocycles. The molecule has 0 fully saturated rings. The Morgan fingerprint density at radius 3 is 2.28 bits per heavy atom. The van der Waals surface area contributed by atoms with E-state index in [-0.39, 0.29) is 0 Å². The van der Waals surface area contributed by atoms with Crippen molar-refractivity contribution in [3.05, 3.63) is 106 Å². The molecule has 0 aliphatic carbocycles. The van der Waals surface area contributed by atoms with Crippen molar-refractivity contribution < 1.29 is 9.90 Å². The molecular weight excluding hydrogens is 450 g/mol. The smallest absolute Gasteiger partial charge is 0.352 e. The lowest BCUT2D eigenvalue weighted by Crippen LogP contribution is -2.10. The van der Waals surface area contributed by atoms with E-state index >= 15 is 0 Å². The maximum absolute atomic E-state index is 11.4. The zero-order valence-corrected chi connectivity index (χ0v) is 21.9. The van der Waals surface area contributed by atoms with Gasteiger partial charge in [0.05, 0.1) is 12.7 Å². The molecule has 0 radical (unpaired) electrons. The van der Waals surface area contributed by atoms with Crippen LogP contribution in [0.4, 0.5) is 5.69 Å². The highest BCUT2D eigenvalue weighted by molar-refractivity contribution is 5.86. The summed E-state index contributed by atoms with van der Waals surface area (Å²) >= 11 is 0. The van der Waals surface area contributed by atoms with Crippen molar-refractivity contribution in [2.75, 3.05) is 12.8 Å². The van der Waals surface area contributed by atoms with E-state index in [0.717, 1.165) is 42.0 Å². The molecule has 0 saturated carbocycles. The number of nitrogens with two attached hydrogens (primary N) is 1. The van der Waals surface area contributed by atoms with Gasteiger partial charge >= 0.3 is 5.97 Å². The normalized spacial score (nSPS) is 10.7. The van der Waals surface area contributed by atoms with Gasteiger partial charge in [-0.1, -0.05) is 30.3 Å². The molecule has 0 unspecified atom stereocenters. The minimum absolute atomic E-state index is 0.362. The zero-order valence-electron chi connectivity index (χ0n) is 21.9. The number of nitrogens with one attached hydrogen (secondary N) is 1. The quantitative estimate of drug-likeness (QED) is 0.305. The lowest BCUT2D eigenvalue weighted by atomic mass is 10.1. The van der Waals surface area contributed by atoms with Crippen LogP contribution in [-0.2, 0) is 26.1 Å². The molecule has 0 bridgehead atoms. The number of aromatic carboxylic acids is 1. The fourth-order valence-electron chi connectivity index (χ4n) is 4.30. The summed E-state index contributed by atoms with van der Waals surface area (Å²) in [4.78, 5) is 11.4. The molecule has 2 aromatic heterocycles. The van der Waals surface area contributed by atoms with Crippen molar-refractivity contribution in [3.63, 3.8) is 0 Å². The first kappa shape index (κ1) is 26.8. The fraction of sp³-hybridized carbons (Fsp3) is 0.310. The van der Waals surface area contributed by atoms with E-state index in [9.17, 15) is 9.90 Å². The Kier molecular flexibility index (Phi) is 9.08. The van der Waals surface area contributed by atoms with E-state index in [0.29, 0.717) is 12.2 Å². The van der Waals surface area contributed by atoms with Gasteiger partial charge in [-0.15, -0.1) is 0 Å². The SMILES string of the molecule is CCn1c(C(=O)O)cc(C)c1Cc1ccc(Cn2cc(C)cn2)cc1.CNCc1ccc(N)cc1C. The minimum atomic E-state index is -0.874. The highest BCUT2D eigenvalue weighted by atomic mass is 16.4. The van der Waals surface area contributed by atoms with Gasteiger partial charge in [0.2, 0.25) is 0 Å². The van der Waals surface area contributed by atoms with Crippen LogP contribution in [0.15, 0.2) is 60.9 Å². The third-order valence-electron chi connectivity index (χ3n) is 6.20. The van der Waals surface area contributed by atoms with Crippen LogP contribution in [0.3, 0.4) is 0 Å². The van der Waals surface area contributed by atoms with Gasteiger partial charge in [0.25, 0.3) is 0 Å². The molecule has 0 aliphatic heterocycles. The van der Waals surface area contributed by atoms with Gasteiger partial charge in [-0.3, -0.25) is 4.68 Å². The van der Waals surface area contributed by atoms with E-state index in [2.05, 4.69) is 47.7 Å². The third kappa shape index (κ3) is 6.86. The Balaban J connectivity index is 0.000000275. The number of benzene rings is 2. The molecule has 0 aliphatic rings. The minimum Gasteiger partial charge on any atom is -0.477 e. The molecule has 4 rings (SSSR count). The molecule has 2 heterocycles. The van der Waals surface area contributed by atoms with E-state index in [4.69, 9.17) is 5.73 Å². The van der Waals surface area contributed by atoms with Crippen LogP contribution < -0.4 is 11.1 Å². The average Bonchev–Trinajstić information content (AvgIpc) is 3.39. The second-order valence-electron chi connectivity index (χ2n) is 9.13. The number of carbonyl (C=O) groups is 1. The predicted octanol–water partition coefficient (Wildman–Crippen LogP) is 4.96. The van der Waals surface area contributed by atoms with Crippen LogP contribution in [0.1, 0.15) is 56.5 Å². The van der Waals surface area contributed by atoms with Crippen LogP contribution in [0.25, 0.3) is 0 Å². The molecule has 0 spiro atoms. The molecule has 4 N–H and O–H groups in total. The molecule has 7 heteroatoms. The molecule has 2 aromatic carbocycles. The number of aryl methyl sites for hydroxylation is 3. The first-order valence-electron chi connectivity index (χ1n) is 12.2. The summed E-state index contributed by atoms with van der Waals surface area (Å²) in [6, 6.07) is 16.2. The van der Waals surface area contributed by atoms with Gasteiger partial charge in [0.1, 0.15) is 5.69 Å². The van der Waals surface area contributed by atoms with Gasteiger partial charge in [-0.2, -0.15) is 5.10 Å². The number of aromatic nitrogens is 3. The molecule has 4 aromatic rings. The fourth-order valence-corrected chi connectivity index (χ4v) is 4.30. The summed E-state index contributed by atoms with van der Waals surface area (Å²) < 4.78 is 3.81. The topological polar surface area (TPSA) is 98.1 Å². The number of nitrogens with zero attached hydrogens (tertiary/aromatic N) is 3. The van der Waals surface area contributed by atoms with Gasteiger partial charge < -0.3 is 20.7 Å². The molecular formula is C29H37N5O2. The second kappa shape index (κ2) is 12.2. The maximum atomic E-state index is 11.4. The van der Waals surface area contributed by atoms with Gasteiger partial charge in [-0.05, 0) is 86.3 Å². The van der Waals surface area contributed by atoms with Crippen LogP contribution in [0.2, 0.25) is 0 Å². The van der Waals surface area contributed by atoms with Crippen LogP contribution in [-0.4, -0.2) is 32.5 Å². The molecule has 0 atom stereocenters. The van der Waals surface area contributed by atoms with Crippen molar-refractivity contribution in [1.82, 2.24) is 19.7 Å². The van der Waals surface area contributed by atoms with Gasteiger partial charge in [0, 0.05) is 37.1 Å². The van der Waals surface area contributed by atoms with E-state index in [1.807, 2.05) is 61.6 Å². The maximum Gasteiger partial charge on any atom is 0.352 e. The van der Waals surface area contributed by atoms with Crippen molar-refractivity contribution >= 4 is 11.7 Å². The summed E-state index contributed by atoms with van der Waals surface area (Å²) in [6.07, 6.45) is 4.61. The molecule has 190 valence electrons. The zero-order chi connectivity index (χ0) is 26.2. The van der Waals surface area contributed by atoms with Crippen LogP contribution in [0, 0.1) is 20.8 Å². The summed E-state index contributed by atoms with van der Waals surface area (Å²) in [5, 5.41) is 16.8. The largest absolute Gasteiger partial charge is 0.477 e. The van der Waals surface area contributed by atoms with Gasteiger partial charge in [0.15, 0.2) is 0 Å². The number of carboxylic acid groups (broad SMARTS) is 1. The Bertz CT molecular complexity index is 1300. The Morgan fingerprint density at radius 2 is 1.72 bits per heavy atom. The lowest BCUT2D eigenvalue weighted by Gasteiger charge is -2.11. The Hall–Kier alpha value is -3.84. The molecule has 36 heavy (non-hydrogen) atoms. The highest BCUT2D eigenvalue weighted by Gasteiger charge is 2.16. The third-order valence-corrected chi connectivity index (χ3v) is 6.20. The molecule has 0 amide bonds. The second-order valence-corrected chi connectivity index (χ2v) is 9.13. The highest BCUT2D eigenvalue weighted by Crippen LogP contribution is 2.20. The van der Waals surface area contributed by atoms with E-state index < -0.39 is 5.97 Å². The number of rotatable bonds is 8. The summed E-state index contributed by atoms with van der Waals surface area (Å²) in [7, 11) is 1.94. The van der Waals surface area contributed by atoms with E-state index in [1.54, 1.807) is 6.07 Å². The summed E-state index contributed by atoms with van der Waals surface area (Å²) in [5.41, 5.74) is 15.0. The number of hydrogen-bond donors (Lipinski definition) is 3. The van der Waals surface area contributed by atoms with Crippen LogP contribution >= 0.6 is 0 Å². The monoisotopic (exact) mass is 487 g/mol. The first-order valence-corrected chi connectivity index (χ1v) is 12.2. The van der Waals surface area contributed by atoms with Crippen molar-refractivity contribution in [2.45, 2.75) is 53.8 Å². The van der Waals surface area contributed by atoms with E-state index in [1.165, 1.54) is 22.3 Å². The summed E-state index contributed by atoms with van der Waals surface area (Å²) in [6.45, 7) is 10.4. The summed E-state index contributed by atoms with van der Waals surface area (Å²) in [5.74, 6) is -0.874. The Morgan fingerprint density at radius 1 is 1.03 bits per heavy atom. The standard InChI is InChI=1S/C20H23N3O2.C9H14N2/c1-4-23-18(15(3)9-19(23)20(24)25)10-16-5-7-17(8-6-16)13-22-12-14(2)11-21-22;1-7-5-9(10)4-3-8(7)6-11-2/h5-9,11-12H,4,10,13H2,1-3H3,(H,24,25);3-5,11H,6,10H2,1-2H3. The van der Waals surface area contributed by atoms with Crippen molar-refractivity contribution in [1.29, 1.82) is 0 Å². The molecule has 7 nitrogen and oxygen atoms in total. The number of nitrogen functional groups attached to an aromatic ring is 1. The van der Waals surface area contributed by atoms with Crippen molar-refractivity contribution in [2.24, 2.45) is 0 Å².